The molecule has 1 aliphatic rings. The molecule has 3 rings (SSSR count). The molecule has 1 amide bonds. The molecule has 3 N–H and O–H groups in total. The summed E-state index contributed by atoms with van der Waals surface area (Å²) < 4.78 is 5.20. The highest BCUT2D eigenvalue weighted by Crippen LogP contribution is 2.25. The number of nitrogens with one attached hydrogen (secondary N) is 1. The zero-order valence-corrected chi connectivity index (χ0v) is 15.1. The Morgan fingerprint density at radius 2 is 1.89 bits per heavy atom. The molecule has 0 atom stereocenters. The summed E-state index contributed by atoms with van der Waals surface area (Å²) in [5.41, 5.74) is 7.41. The number of amides is 1. The molecule has 138 valence electrons. The number of hydrogen-bond acceptors (Lipinski definition) is 6. The van der Waals surface area contributed by atoms with E-state index in [2.05, 4.69) is 5.10 Å². The Balaban J connectivity index is 2.04. The van der Waals surface area contributed by atoms with Gasteiger partial charge >= 0.3 is 0 Å². The number of carbonyl (C=O) groups is 1. The van der Waals surface area contributed by atoms with Crippen LogP contribution in [0.5, 0.6) is 5.75 Å². The maximum atomic E-state index is 12.6. The van der Waals surface area contributed by atoms with Gasteiger partial charge in [-0.05, 0) is 29.3 Å². The first-order valence-electron chi connectivity index (χ1n) is 8.33. The van der Waals surface area contributed by atoms with Crippen LogP contribution >= 0.6 is 0 Å². The first kappa shape index (κ1) is 18.6. The van der Waals surface area contributed by atoms with Gasteiger partial charge in [0, 0.05) is 5.57 Å². The zero-order chi connectivity index (χ0) is 20.1. The van der Waals surface area contributed by atoms with Crippen molar-refractivity contribution in [2.24, 2.45) is 10.8 Å². The summed E-state index contributed by atoms with van der Waals surface area (Å²) >= 11 is 0. The van der Waals surface area contributed by atoms with Crippen LogP contribution < -0.4 is 10.5 Å². The highest BCUT2D eigenvalue weighted by Gasteiger charge is 2.33. The number of carbonyl (C=O) groups excluding carboxylic acids is 1. The molecule has 2 aromatic rings. The van der Waals surface area contributed by atoms with E-state index in [1.807, 2.05) is 36.4 Å². The average Bonchev–Trinajstić information content (AvgIpc) is 2.72. The van der Waals surface area contributed by atoms with Gasteiger partial charge in [0.2, 0.25) is 0 Å². The van der Waals surface area contributed by atoms with Crippen LogP contribution in [0.2, 0.25) is 0 Å². The number of hydrazone groups is 1. The van der Waals surface area contributed by atoms with Gasteiger partial charge in [-0.3, -0.25) is 10.2 Å². The predicted octanol–water partition coefficient (Wildman–Crippen LogP) is 2.67. The van der Waals surface area contributed by atoms with E-state index in [0.29, 0.717) is 11.3 Å². The van der Waals surface area contributed by atoms with Gasteiger partial charge in [-0.25, -0.2) is 0 Å². The fourth-order valence-corrected chi connectivity index (χ4v) is 2.62. The molecular weight excluding hydrogens is 354 g/mol. The normalized spacial score (nSPS) is 16.0. The molecule has 0 unspecified atom stereocenters. The van der Waals surface area contributed by atoms with Gasteiger partial charge in [-0.1, -0.05) is 42.5 Å². The second kappa shape index (κ2) is 8.01. The molecule has 0 bridgehead atoms. The first-order chi connectivity index (χ1) is 13.5. The van der Waals surface area contributed by atoms with Crippen LogP contribution in [-0.4, -0.2) is 30.1 Å². The Bertz CT molecular complexity index is 1060. The molecule has 1 aliphatic heterocycles. The highest BCUT2D eigenvalue weighted by atomic mass is 16.5. The van der Waals surface area contributed by atoms with Crippen LogP contribution in [0.15, 0.2) is 76.5 Å². The number of nitrogens with zero attached hydrogens (tertiary/aromatic N) is 3. The number of methoxy groups -OCH3 is 1. The molecular formula is C21H17N5O2. The smallest absolute Gasteiger partial charge is 0.292 e. The second-order valence-corrected chi connectivity index (χ2v) is 5.86. The van der Waals surface area contributed by atoms with Crippen LogP contribution in [0.4, 0.5) is 0 Å². The van der Waals surface area contributed by atoms with Gasteiger partial charge in [0.15, 0.2) is 5.84 Å². The second-order valence-electron chi connectivity index (χ2n) is 5.86. The SMILES string of the molecule is COc1cccc(/C=C2\C(=N)N(/N=C/c3ccccc3)C(=O)C(C#N)=C2N)c1. The van der Waals surface area contributed by atoms with E-state index in [1.165, 1.54) is 6.21 Å². The van der Waals surface area contributed by atoms with E-state index in [1.54, 1.807) is 37.5 Å². The standard InChI is InChI=1S/C21H17N5O2/c1-28-16-9-5-8-15(10-16)11-17-19(23)18(12-22)21(27)26(20(17)24)25-13-14-6-3-2-4-7-14/h2-11,13,24H,23H2,1H3/b17-11-,24-20?,25-13+. The van der Waals surface area contributed by atoms with Crippen molar-refractivity contribution in [1.82, 2.24) is 5.01 Å². The van der Waals surface area contributed by atoms with Crippen molar-refractivity contribution in [1.29, 1.82) is 10.7 Å². The van der Waals surface area contributed by atoms with Gasteiger partial charge in [0.25, 0.3) is 5.91 Å². The number of hydrogen-bond donors (Lipinski definition) is 2. The minimum Gasteiger partial charge on any atom is -0.497 e. The molecule has 7 nitrogen and oxygen atoms in total. The number of benzene rings is 2. The minimum atomic E-state index is -0.736. The molecule has 7 heteroatoms. The summed E-state index contributed by atoms with van der Waals surface area (Å²) in [5, 5.41) is 22.8. The van der Waals surface area contributed by atoms with Gasteiger partial charge in [0.1, 0.15) is 17.4 Å². The third-order valence-electron chi connectivity index (χ3n) is 4.07. The summed E-state index contributed by atoms with van der Waals surface area (Å²) in [7, 11) is 1.55. The fraction of sp³-hybridized carbons (Fsp3) is 0.0476. The van der Waals surface area contributed by atoms with Gasteiger partial charge < -0.3 is 10.5 Å². The Morgan fingerprint density at radius 1 is 1.18 bits per heavy atom. The highest BCUT2D eigenvalue weighted by molar-refractivity contribution is 6.20. The van der Waals surface area contributed by atoms with Gasteiger partial charge in [-0.2, -0.15) is 15.4 Å². The maximum absolute atomic E-state index is 12.6. The summed E-state index contributed by atoms with van der Waals surface area (Å²) in [5.74, 6) is -0.314. The average molecular weight is 371 g/mol. The molecule has 28 heavy (non-hydrogen) atoms. The van der Waals surface area contributed by atoms with Crippen molar-refractivity contribution in [3.63, 3.8) is 0 Å². The van der Waals surface area contributed by atoms with Crippen LogP contribution in [0.3, 0.4) is 0 Å². The predicted molar refractivity (Wildman–Crippen MR) is 106 cm³/mol. The molecule has 0 saturated heterocycles. The molecule has 0 radical (unpaired) electrons. The topological polar surface area (TPSA) is 116 Å². The van der Waals surface area contributed by atoms with Crippen LogP contribution in [-0.2, 0) is 4.79 Å². The largest absolute Gasteiger partial charge is 0.497 e. The third kappa shape index (κ3) is 3.66. The summed E-state index contributed by atoms with van der Waals surface area (Å²) in [6.45, 7) is 0. The van der Waals surface area contributed by atoms with E-state index in [4.69, 9.17) is 15.9 Å². The third-order valence-corrected chi connectivity index (χ3v) is 4.07. The Kier molecular flexibility index (Phi) is 5.33. The molecule has 1 heterocycles. The fourth-order valence-electron chi connectivity index (χ4n) is 2.62. The summed E-state index contributed by atoms with van der Waals surface area (Å²) in [6, 6.07) is 18.1. The number of rotatable bonds is 4. The monoisotopic (exact) mass is 371 g/mol. The number of nitrogens with two attached hydrogens (primary N) is 1. The van der Waals surface area contributed by atoms with Crippen molar-refractivity contribution < 1.29 is 9.53 Å². The zero-order valence-electron chi connectivity index (χ0n) is 15.1. The molecule has 0 spiro atoms. The van der Waals surface area contributed by atoms with Crippen molar-refractivity contribution in [2.45, 2.75) is 0 Å². The van der Waals surface area contributed by atoms with Crippen molar-refractivity contribution in [3.8, 4) is 11.8 Å². The van der Waals surface area contributed by atoms with Crippen LogP contribution in [0.25, 0.3) is 6.08 Å². The quantitative estimate of drug-likeness (QED) is 0.804. The van der Waals surface area contributed by atoms with E-state index >= 15 is 0 Å². The number of amidine groups is 1. The van der Waals surface area contributed by atoms with Crippen molar-refractivity contribution in [3.05, 3.63) is 82.6 Å². The lowest BCUT2D eigenvalue weighted by Crippen LogP contribution is -2.40. The Hall–Kier alpha value is -4.18. The lowest BCUT2D eigenvalue weighted by atomic mass is 9.99. The molecule has 0 saturated carbocycles. The molecule has 0 aliphatic carbocycles. The minimum absolute atomic E-state index is 0.0496. The maximum Gasteiger partial charge on any atom is 0.292 e. The number of ether oxygens (including phenoxy) is 1. The van der Waals surface area contributed by atoms with Crippen LogP contribution in [0, 0.1) is 16.7 Å². The van der Waals surface area contributed by atoms with Crippen LogP contribution in [0.1, 0.15) is 11.1 Å². The Labute approximate surface area is 162 Å². The van der Waals surface area contributed by atoms with Gasteiger partial charge in [0.05, 0.1) is 19.0 Å². The lowest BCUT2D eigenvalue weighted by molar-refractivity contribution is -0.123. The van der Waals surface area contributed by atoms with Crippen molar-refractivity contribution in [2.75, 3.05) is 7.11 Å². The van der Waals surface area contributed by atoms with E-state index < -0.39 is 5.91 Å². The van der Waals surface area contributed by atoms with E-state index in [0.717, 1.165) is 10.6 Å². The van der Waals surface area contributed by atoms with E-state index in [9.17, 15) is 10.1 Å². The van der Waals surface area contributed by atoms with Crippen molar-refractivity contribution >= 4 is 24.0 Å². The number of nitriles is 1. The lowest BCUT2D eigenvalue weighted by Gasteiger charge is -2.25. The van der Waals surface area contributed by atoms with Gasteiger partial charge in [-0.15, -0.1) is 0 Å². The molecule has 2 aromatic carbocycles. The summed E-state index contributed by atoms with van der Waals surface area (Å²) in [4.78, 5) is 12.6. The Morgan fingerprint density at radius 3 is 2.57 bits per heavy atom. The molecule has 0 fully saturated rings. The first-order valence-corrected chi connectivity index (χ1v) is 8.33. The van der Waals surface area contributed by atoms with E-state index in [-0.39, 0.29) is 22.7 Å². The summed E-state index contributed by atoms with van der Waals surface area (Å²) in [6.07, 6.45) is 3.07. The molecule has 0 aromatic heterocycles.